The third kappa shape index (κ3) is 3.17. The number of hydrogen-bond acceptors (Lipinski definition) is 2. The topological polar surface area (TPSA) is 38.7 Å². The van der Waals surface area contributed by atoms with E-state index in [-0.39, 0.29) is 4.75 Å². The molecular weight excluding hydrogens is 198 g/mol. The molecule has 0 aromatic carbocycles. The smallest absolute Gasteiger partial charge is 0.144 e. The van der Waals surface area contributed by atoms with Crippen molar-refractivity contribution >= 4 is 16.7 Å². The highest BCUT2D eigenvalue weighted by molar-refractivity contribution is 7.85. The molecule has 0 aromatic heterocycles. The zero-order valence-electron chi connectivity index (χ0n) is 9.37. The van der Waals surface area contributed by atoms with Crippen molar-refractivity contribution in [1.82, 2.24) is 0 Å². The molecule has 0 aromatic rings. The summed E-state index contributed by atoms with van der Waals surface area (Å²) in [5, 5.41) is 0. The third-order valence-corrected chi connectivity index (χ3v) is 3.77. The average molecular weight is 217 g/mol. The Labute approximate surface area is 88.5 Å². The molecule has 4 heteroatoms. The summed E-state index contributed by atoms with van der Waals surface area (Å²) in [5.41, 5.74) is 0.968. The molecule has 1 heterocycles. The molecule has 0 saturated carbocycles. The molecule has 0 radical (unpaired) electrons. The Bertz CT molecular complexity index is 249. The fourth-order valence-electron chi connectivity index (χ4n) is 1.21. The van der Waals surface area contributed by atoms with E-state index in [9.17, 15) is 4.21 Å². The van der Waals surface area contributed by atoms with E-state index in [1.165, 1.54) is 0 Å². The van der Waals surface area contributed by atoms with Crippen molar-refractivity contribution in [2.75, 3.05) is 13.2 Å². The van der Waals surface area contributed by atoms with E-state index in [0.29, 0.717) is 5.92 Å². The molecule has 1 fully saturated rings. The lowest BCUT2D eigenvalue weighted by Crippen LogP contribution is -2.22. The van der Waals surface area contributed by atoms with Gasteiger partial charge in [0.2, 0.25) is 0 Å². The first-order chi connectivity index (χ1) is 6.41. The van der Waals surface area contributed by atoms with Gasteiger partial charge in [-0.2, -0.15) is 4.40 Å². The molecule has 1 saturated heterocycles. The first-order valence-electron chi connectivity index (χ1n) is 4.96. The van der Waals surface area contributed by atoms with E-state index in [4.69, 9.17) is 4.74 Å². The molecule has 0 N–H and O–H groups in total. The van der Waals surface area contributed by atoms with Gasteiger partial charge in [-0.05, 0) is 34.1 Å². The van der Waals surface area contributed by atoms with Gasteiger partial charge >= 0.3 is 0 Å². The van der Waals surface area contributed by atoms with Gasteiger partial charge < -0.3 is 4.74 Å². The fourth-order valence-corrected chi connectivity index (χ4v) is 1.89. The van der Waals surface area contributed by atoms with Gasteiger partial charge in [0.15, 0.2) is 0 Å². The van der Waals surface area contributed by atoms with Crippen LogP contribution in [0.5, 0.6) is 0 Å². The first-order valence-corrected chi connectivity index (χ1v) is 6.07. The van der Waals surface area contributed by atoms with Gasteiger partial charge in [0.25, 0.3) is 0 Å². The molecule has 1 unspecified atom stereocenters. The lowest BCUT2D eigenvalue weighted by molar-refractivity contribution is 0.193. The molecule has 0 amide bonds. The minimum Gasteiger partial charge on any atom is -0.381 e. The largest absolute Gasteiger partial charge is 0.381 e. The Morgan fingerprint density at radius 1 is 1.50 bits per heavy atom. The normalized spacial score (nSPS) is 26.6. The van der Waals surface area contributed by atoms with Crippen LogP contribution in [0.2, 0.25) is 0 Å². The van der Waals surface area contributed by atoms with Crippen LogP contribution < -0.4 is 0 Å². The maximum Gasteiger partial charge on any atom is 0.144 e. The van der Waals surface area contributed by atoms with Gasteiger partial charge in [-0.15, -0.1) is 0 Å². The van der Waals surface area contributed by atoms with Crippen LogP contribution in [0, 0.1) is 5.92 Å². The Balaban J connectivity index is 2.63. The van der Waals surface area contributed by atoms with Crippen LogP contribution in [0.25, 0.3) is 0 Å². The van der Waals surface area contributed by atoms with Crippen molar-refractivity contribution in [2.24, 2.45) is 10.3 Å². The molecule has 2 atom stereocenters. The number of hydrogen-bond donors (Lipinski definition) is 0. The molecule has 1 aliphatic heterocycles. The molecule has 0 aliphatic carbocycles. The molecule has 1 aliphatic rings. The van der Waals surface area contributed by atoms with Crippen LogP contribution in [-0.2, 0) is 15.7 Å². The van der Waals surface area contributed by atoms with Crippen LogP contribution in [0.3, 0.4) is 0 Å². The van der Waals surface area contributed by atoms with Gasteiger partial charge in [-0.3, -0.25) is 0 Å². The highest BCUT2D eigenvalue weighted by atomic mass is 32.2. The van der Waals surface area contributed by atoms with Crippen LogP contribution in [0.1, 0.15) is 34.1 Å². The molecule has 0 spiro atoms. The maximum absolute atomic E-state index is 11.7. The van der Waals surface area contributed by atoms with Crippen LogP contribution in [0.15, 0.2) is 4.40 Å². The van der Waals surface area contributed by atoms with E-state index in [1.54, 1.807) is 0 Å². The standard InChI is InChI=1S/C10H19NO2S/c1-8(9-5-6-13-7-9)11-14(12)10(2,3)4/h9H,5-7H2,1-4H3/b11-8+/t9-,14?/m1/s1. The molecular formula is C10H19NO2S. The van der Waals surface area contributed by atoms with Gasteiger partial charge in [-0.25, -0.2) is 4.21 Å². The van der Waals surface area contributed by atoms with Crippen molar-refractivity contribution in [1.29, 1.82) is 0 Å². The van der Waals surface area contributed by atoms with Crippen molar-refractivity contribution in [3.05, 3.63) is 0 Å². The van der Waals surface area contributed by atoms with Crippen molar-refractivity contribution in [2.45, 2.75) is 38.9 Å². The molecule has 0 bridgehead atoms. The third-order valence-electron chi connectivity index (χ3n) is 2.27. The average Bonchev–Trinajstić information content (AvgIpc) is 2.53. The lowest BCUT2D eigenvalue weighted by atomic mass is 10.1. The lowest BCUT2D eigenvalue weighted by Gasteiger charge is -2.15. The minimum atomic E-state index is -1.13. The van der Waals surface area contributed by atoms with E-state index in [1.807, 2.05) is 27.7 Å². The van der Waals surface area contributed by atoms with Crippen molar-refractivity contribution in [3.63, 3.8) is 0 Å². The van der Waals surface area contributed by atoms with Gasteiger partial charge in [0.05, 0.1) is 11.4 Å². The number of nitrogens with zero attached hydrogens (tertiary/aromatic N) is 1. The summed E-state index contributed by atoms with van der Waals surface area (Å²) in [6.07, 6.45) is 1.01. The van der Waals surface area contributed by atoms with Gasteiger partial charge in [0.1, 0.15) is 11.0 Å². The second-order valence-corrected chi connectivity index (χ2v) is 6.56. The SMILES string of the molecule is C/C(=N\S(=O)C(C)(C)C)[C@@H]1CCOC1. The highest BCUT2D eigenvalue weighted by Crippen LogP contribution is 2.18. The quantitative estimate of drug-likeness (QED) is 0.663. The summed E-state index contributed by atoms with van der Waals surface area (Å²) in [7, 11) is -1.13. The second-order valence-electron chi connectivity index (χ2n) is 4.65. The number of ether oxygens (including phenoxy) is 1. The molecule has 14 heavy (non-hydrogen) atoms. The van der Waals surface area contributed by atoms with Gasteiger partial charge in [-0.1, -0.05) is 0 Å². The van der Waals surface area contributed by atoms with Crippen LogP contribution >= 0.6 is 0 Å². The number of rotatable bonds is 2. The first kappa shape index (κ1) is 11.9. The second kappa shape index (κ2) is 4.53. The Kier molecular flexibility index (Phi) is 3.84. The van der Waals surface area contributed by atoms with E-state index in [0.717, 1.165) is 25.3 Å². The maximum atomic E-state index is 11.7. The minimum absolute atomic E-state index is 0.263. The monoisotopic (exact) mass is 217 g/mol. The predicted molar refractivity (Wildman–Crippen MR) is 59.9 cm³/mol. The van der Waals surface area contributed by atoms with Crippen LogP contribution in [-0.4, -0.2) is 27.9 Å². The summed E-state index contributed by atoms with van der Waals surface area (Å²) in [4.78, 5) is 0. The van der Waals surface area contributed by atoms with Gasteiger partial charge in [0, 0.05) is 18.2 Å². The van der Waals surface area contributed by atoms with E-state index in [2.05, 4.69) is 4.40 Å². The highest BCUT2D eigenvalue weighted by Gasteiger charge is 2.23. The predicted octanol–water partition coefficient (Wildman–Crippen LogP) is 1.95. The Morgan fingerprint density at radius 2 is 2.14 bits per heavy atom. The Hall–Kier alpha value is -0.220. The van der Waals surface area contributed by atoms with Crippen LogP contribution in [0.4, 0.5) is 0 Å². The molecule has 82 valence electrons. The summed E-state index contributed by atoms with van der Waals surface area (Å²) in [5.74, 6) is 0.376. The molecule has 3 nitrogen and oxygen atoms in total. The zero-order chi connectivity index (χ0) is 10.8. The Morgan fingerprint density at radius 3 is 2.57 bits per heavy atom. The van der Waals surface area contributed by atoms with Crippen molar-refractivity contribution in [3.8, 4) is 0 Å². The zero-order valence-corrected chi connectivity index (χ0v) is 10.2. The fraction of sp³-hybridized carbons (Fsp3) is 0.900. The van der Waals surface area contributed by atoms with E-state index < -0.39 is 11.0 Å². The van der Waals surface area contributed by atoms with Crippen molar-refractivity contribution < 1.29 is 8.95 Å². The summed E-state index contributed by atoms with van der Waals surface area (Å²) < 4.78 is 21.0. The summed E-state index contributed by atoms with van der Waals surface area (Å²) in [6.45, 7) is 9.29. The van der Waals surface area contributed by atoms with E-state index >= 15 is 0 Å². The summed E-state index contributed by atoms with van der Waals surface area (Å²) >= 11 is 0. The summed E-state index contributed by atoms with van der Waals surface area (Å²) in [6, 6.07) is 0. The molecule has 1 rings (SSSR count).